The van der Waals surface area contributed by atoms with Crippen molar-refractivity contribution < 1.29 is 4.79 Å². The monoisotopic (exact) mass is 322 g/mol. The molecule has 0 atom stereocenters. The van der Waals surface area contributed by atoms with Crippen molar-refractivity contribution in [3.8, 4) is 0 Å². The highest BCUT2D eigenvalue weighted by molar-refractivity contribution is 6.04. The predicted molar refractivity (Wildman–Crippen MR) is 101 cm³/mol. The smallest absolute Gasteiger partial charge is 0.255 e. The van der Waals surface area contributed by atoms with E-state index in [4.69, 9.17) is 0 Å². The fraction of sp³-hybridized carbons (Fsp3) is 0.381. The van der Waals surface area contributed by atoms with Crippen molar-refractivity contribution in [1.29, 1.82) is 0 Å². The summed E-state index contributed by atoms with van der Waals surface area (Å²) < 4.78 is 0. The Balaban J connectivity index is 1.76. The zero-order valence-corrected chi connectivity index (χ0v) is 15.2. The van der Waals surface area contributed by atoms with Crippen molar-refractivity contribution in [2.45, 2.75) is 45.4 Å². The number of anilines is 2. The van der Waals surface area contributed by atoms with Gasteiger partial charge in [0.25, 0.3) is 5.91 Å². The molecule has 0 saturated carbocycles. The van der Waals surface area contributed by atoms with Crippen LogP contribution in [0.1, 0.15) is 56.1 Å². The molecule has 0 unspecified atom stereocenters. The summed E-state index contributed by atoms with van der Waals surface area (Å²) in [7, 11) is 0. The van der Waals surface area contributed by atoms with Gasteiger partial charge in [-0.1, -0.05) is 52.8 Å². The van der Waals surface area contributed by atoms with E-state index >= 15 is 0 Å². The molecule has 2 N–H and O–H groups in total. The van der Waals surface area contributed by atoms with Crippen LogP contribution in [0.25, 0.3) is 0 Å². The summed E-state index contributed by atoms with van der Waals surface area (Å²) in [5.41, 5.74) is 5.37. The number of nitrogens with one attached hydrogen (secondary N) is 2. The standard InChI is InChI=1S/C21H26N2O/c1-20(2,3)15-8-6-14(7-9-15)19(24)23-16-10-11-17-18(12-16)22-13-21(17,4)5/h6-12,22H,13H2,1-5H3,(H,23,24). The number of carbonyl (C=O) groups is 1. The van der Waals surface area contributed by atoms with Crippen LogP contribution in [0.15, 0.2) is 42.5 Å². The van der Waals surface area contributed by atoms with Gasteiger partial charge in [-0.05, 0) is 40.8 Å². The maximum absolute atomic E-state index is 12.5. The highest BCUT2D eigenvalue weighted by Gasteiger charge is 2.29. The van der Waals surface area contributed by atoms with Gasteiger partial charge in [-0.2, -0.15) is 0 Å². The molecule has 0 radical (unpaired) electrons. The third-order valence-electron chi connectivity index (χ3n) is 4.74. The first kappa shape index (κ1) is 16.6. The Labute approximate surface area is 144 Å². The van der Waals surface area contributed by atoms with E-state index in [1.807, 2.05) is 36.4 Å². The van der Waals surface area contributed by atoms with Gasteiger partial charge in [0.15, 0.2) is 0 Å². The first-order valence-electron chi connectivity index (χ1n) is 8.47. The van der Waals surface area contributed by atoms with E-state index in [1.165, 1.54) is 11.1 Å². The molecule has 2 aromatic carbocycles. The van der Waals surface area contributed by atoms with Gasteiger partial charge >= 0.3 is 0 Å². The Morgan fingerprint density at radius 2 is 1.75 bits per heavy atom. The first-order valence-corrected chi connectivity index (χ1v) is 8.47. The summed E-state index contributed by atoms with van der Waals surface area (Å²) in [6.45, 7) is 11.9. The fourth-order valence-corrected chi connectivity index (χ4v) is 3.09. The second kappa shape index (κ2) is 5.66. The average Bonchev–Trinajstić information content (AvgIpc) is 2.81. The second-order valence-corrected chi connectivity index (χ2v) is 8.28. The van der Waals surface area contributed by atoms with Crippen LogP contribution in [0, 0.1) is 0 Å². The molecular weight excluding hydrogens is 296 g/mol. The van der Waals surface area contributed by atoms with E-state index < -0.39 is 0 Å². The summed E-state index contributed by atoms with van der Waals surface area (Å²) >= 11 is 0. The molecule has 0 spiro atoms. The minimum atomic E-state index is -0.0762. The summed E-state index contributed by atoms with van der Waals surface area (Å²) in [5, 5.41) is 6.41. The number of fused-ring (bicyclic) bond motifs is 1. The molecule has 3 nitrogen and oxygen atoms in total. The Kier molecular flexibility index (Phi) is 3.90. The van der Waals surface area contributed by atoms with Crippen molar-refractivity contribution in [2.75, 3.05) is 17.2 Å². The number of amides is 1. The largest absolute Gasteiger partial charge is 0.384 e. The van der Waals surface area contributed by atoms with Gasteiger partial charge < -0.3 is 10.6 Å². The van der Waals surface area contributed by atoms with Gasteiger partial charge in [-0.3, -0.25) is 4.79 Å². The van der Waals surface area contributed by atoms with Gasteiger partial charge in [0.2, 0.25) is 0 Å². The quantitative estimate of drug-likeness (QED) is 0.822. The van der Waals surface area contributed by atoms with Crippen LogP contribution in [-0.2, 0) is 10.8 Å². The van der Waals surface area contributed by atoms with E-state index in [-0.39, 0.29) is 16.7 Å². The second-order valence-electron chi connectivity index (χ2n) is 8.28. The van der Waals surface area contributed by atoms with Crippen molar-refractivity contribution in [3.63, 3.8) is 0 Å². The highest BCUT2D eigenvalue weighted by atomic mass is 16.1. The molecule has 1 heterocycles. The van der Waals surface area contributed by atoms with Crippen molar-refractivity contribution in [1.82, 2.24) is 0 Å². The summed E-state index contributed by atoms with van der Waals surface area (Å²) in [4.78, 5) is 12.5. The highest BCUT2D eigenvalue weighted by Crippen LogP contribution is 2.37. The topological polar surface area (TPSA) is 41.1 Å². The number of hydrogen-bond acceptors (Lipinski definition) is 2. The van der Waals surface area contributed by atoms with Crippen molar-refractivity contribution in [2.24, 2.45) is 0 Å². The molecule has 126 valence electrons. The van der Waals surface area contributed by atoms with Gasteiger partial charge in [0, 0.05) is 28.9 Å². The molecule has 0 fully saturated rings. The third-order valence-corrected chi connectivity index (χ3v) is 4.74. The minimum absolute atomic E-state index is 0.0762. The zero-order valence-electron chi connectivity index (χ0n) is 15.2. The molecule has 0 aromatic heterocycles. The lowest BCUT2D eigenvalue weighted by Gasteiger charge is -2.19. The van der Waals surface area contributed by atoms with Crippen LogP contribution in [0.3, 0.4) is 0 Å². The maximum Gasteiger partial charge on any atom is 0.255 e. The zero-order chi connectivity index (χ0) is 17.5. The Bertz CT molecular complexity index is 767. The fourth-order valence-electron chi connectivity index (χ4n) is 3.09. The lowest BCUT2D eigenvalue weighted by Crippen LogP contribution is -2.18. The molecule has 24 heavy (non-hydrogen) atoms. The lowest BCUT2D eigenvalue weighted by molar-refractivity contribution is 0.102. The molecule has 0 aliphatic carbocycles. The number of benzene rings is 2. The third kappa shape index (κ3) is 3.16. The first-order chi connectivity index (χ1) is 11.2. The normalized spacial score (nSPS) is 15.5. The van der Waals surface area contributed by atoms with E-state index in [9.17, 15) is 4.79 Å². The van der Waals surface area contributed by atoms with Crippen LogP contribution >= 0.6 is 0 Å². The van der Waals surface area contributed by atoms with Crippen LogP contribution in [-0.4, -0.2) is 12.5 Å². The molecule has 1 amide bonds. The molecule has 0 bridgehead atoms. The maximum atomic E-state index is 12.5. The number of hydrogen-bond donors (Lipinski definition) is 2. The van der Waals surface area contributed by atoms with Crippen LogP contribution in [0.5, 0.6) is 0 Å². The molecular formula is C21H26N2O. The van der Waals surface area contributed by atoms with Gasteiger partial charge in [-0.25, -0.2) is 0 Å². The van der Waals surface area contributed by atoms with Crippen LogP contribution < -0.4 is 10.6 Å². The Morgan fingerprint density at radius 3 is 2.38 bits per heavy atom. The summed E-state index contributed by atoms with van der Waals surface area (Å²) in [6.07, 6.45) is 0. The number of rotatable bonds is 2. The van der Waals surface area contributed by atoms with Crippen molar-refractivity contribution >= 4 is 17.3 Å². The predicted octanol–water partition coefficient (Wildman–Crippen LogP) is 4.94. The molecule has 3 heteroatoms. The molecule has 1 aliphatic rings. The van der Waals surface area contributed by atoms with Gasteiger partial charge in [-0.15, -0.1) is 0 Å². The minimum Gasteiger partial charge on any atom is -0.384 e. The van der Waals surface area contributed by atoms with Gasteiger partial charge in [0.1, 0.15) is 0 Å². The molecule has 0 saturated heterocycles. The van der Waals surface area contributed by atoms with E-state index in [0.29, 0.717) is 5.56 Å². The summed E-state index contributed by atoms with van der Waals surface area (Å²) in [5.74, 6) is -0.0762. The summed E-state index contributed by atoms with van der Waals surface area (Å²) in [6, 6.07) is 14.0. The van der Waals surface area contributed by atoms with Crippen LogP contribution in [0.2, 0.25) is 0 Å². The molecule has 1 aliphatic heterocycles. The Hall–Kier alpha value is -2.29. The van der Waals surface area contributed by atoms with Crippen molar-refractivity contribution in [3.05, 3.63) is 59.2 Å². The number of carbonyl (C=O) groups excluding carboxylic acids is 1. The molecule has 2 aromatic rings. The SMILES string of the molecule is CC(C)(C)c1ccc(C(=O)Nc2ccc3c(c2)NCC3(C)C)cc1. The van der Waals surface area contributed by atoms with E-state index in [0.717, 1.165) is 17.9 Å². The van der Waals surface area contributed by atoms with E-state index in [2.05, 4.69) is 51.3 Å². The average molecular weight is 322 g/mol. The lowest BCUT2D eigenvalue weighted by atomic mass is 9.86. The Morgan fingerprint density at radius 1 is 1.08 bits per heavy atom. The molecule has 3 rings (SSSR count). The van der Waals surface area contributed by atoms with Crippen LogP contribution in [0.4, 0.5) is 11.4 Å². The van der Waals surface area contributed by atoms with E-state index in [1.54, 1.807) is 0 Å². The van der Waals surface area contributed by atoms with Gasteiger partial charge in [0.05, 0.1) is 0 Å².